The van der Waals surface area contributed by atoms with Crippen LogP contribution in [0, 0.1) is 0 Å². The van der Waals surface area contributed by atoms with E-state index in [9.17, 15) is 9.59 Å². The summed E-state index contributed by atoms with van der Waals surface area (Å²) in [5.41, 5.74) is 1.00. The zero-order chi connectivity index (χ0) is 12.7. The molecule has 5 heteroatoms. The van der Waals surface area contributed by atoms with Crippen LogP contribution < -0.4 is 5.32 Å². The zero-order valence-corrected chi connectivity index (χ0v) is 9.09. The number of aliphatic hydroxyl groups is 1. The lowest BCUT2D eigenvalue weighted by molar-refractivity contribution is -0.135. The number of hydrogen-bond donors (Lipinski definition) is 3. The monoisotopic (exact) mass is 235 g/mol. The van der Waals surface area contributed by atoms with Crippen molar-refractivity contribution < 1.29 is 19.8 Å². The van der Waals surface area contributed by atoms with Crippen LogP contribution in [0.25, 0.3) is 6.08 Å². The Morgan fingerprint density at radius 3 is 2.65 bits per heavy atom. The first-order chi connectivity index (χ1) is 8.15. The van der Waals surface area contributed by atoms with E-state index in [-0.39, 0.29) is 6.61 Å². The van der Waals surface area contributed by atoms with Crippen LogP contribution in [-0.2, 0) is 4.79 Å². The first-order valence-corrected chi connectivity index (χ1v) is 5.01. The molecule has 1 rings (SSSR count). The molecule has 0 aliphatic heterocycles. The van der Waals surface area contributed by atoms with Crippen molar-refractivity contribution in [2.24, 2.45) is 0 Å². The van der Waals surface area contributed by atoms with Gasteiger partial charge < -0.3 is 15.5 Å². The lowest BCUT2D eigenvalue weighted by atomic mass is 10.1. The van der Waals surface area contributed by atoms with E-state index in [1.165, 1.54) is 6.08 Å². The van der Waals surface area contributed by atoms with Gasteiger partial charge in [-0.25, -0.2) is 0 Å². The number of benzene rings is 1. The summed E-state index contributed by atoms with van der Waals surface area (Å²) in [5.74, 6) is -1.55. The summed E-state index contributed by atoms with van der Waals surface area (Å²) < 4.78 is 0. The molecule has 0 spiro atoms. The number of aliphatic carboxylic acids is 1. The third-order valence-corrected chi connectivity index (χ3v) is 2.01. The van der Waals surface area contributed by atoms with Crippen LogP contribution >= 0.6 is 0 Å². The second kappa shape index (κ2) is 6.44. The van der Waals surface area contributed by atoms with Gasteiger partial charge in [-0.15, -0.1) is 0 Å². The van der Waals surface area contributed by atoms with Crippen molar-refractivity contribution in [2.45, 2.75) is 0 Å². The number of aliphatic hydroxyl groups excluding tert-OH is 1. The summed E-state index contributed by atoms with van der Waals surface area (Å²) in [6.45, 7) is -0.540. The van der Waals surface area contributed by atoms with Crippen LogP contribution in [0.1, 0.15) is 15.9 Å². The second-order valence-electron chi connectivity index (χ2n) is 3.25. The van der Waals surface area contributed by atoms with Crippen molar-refractivity contribution >= 4 is 18.0 Å². The van der Waals surface area contributed by atoms with E-state index in [0.29, 0.717) is 11.1 Å². The average Bonchev–Trinajstić information content (AvgIpc) is 2.33. The number of amides is 1. The molecule has 5 nitrogen and oxygen atoms in total. The fourth-order valence-electron chi connectivity index (χ4n) is 1.28. The number of carbonyl (C=O) groups is 2. The van der Waals surface area contributed by atoms with Gasteiger partial charge in [0.15, 0.2) is 0 Å². The van der Waals surface area contributed by atoms with Gasteiger partial charge in [0, 0.05) is 5.56 Å². The summed E-state index contributed by atoms with van der Waals surface area (Å²) in [7, 11) is 0. The lowest BCUT2D eigenvalue weighted by Crippen LogP contribution is -2.29. The number of nitrogens with one attached hydrogen (secondary N) is 1. The summed E-state index contributed by atoms with van der Waals surface area (Å²) in [4.78, 5) is 22.0. The highest BCUT2D eigenvalue weighted by molar-refractivity contribution is 5.98. The maximum absolute atomic E-state index is 11.7. The van der Waals surface area contributed by atoms with Gasteiger partial charge >= 0.3 is 5.97 Å². The van der Waals surface area contributed by atoms with Gasteiger partial charge in [0.05, 0.1) is 6.61 Å². The van der Waals surface area contributed by atoms with E-state index >= 15 is 0 Å². The van der Waals surface area contributed by atoms with Crippen LogP contribution in [0.2, 0.25) is 0 Å². The molecular weight excluding hydrogens is 222 g/mol. The van der Waals surface area contributed by atoms with Crippen molar-refractivity contribution in [3.05, 3.63) is 41.5 Å². The van der Waals surface area contributed by atoms with Crippen LogP contribution in [0.15, 0.2) is 30.3 Å². The number of carboxylic acids is 1. The maximum Gasteiger partial charge on any atom is 0.322 e. The minimum absolute atomic E-state index is 0.120. The summed E-state index contributed by atoms with van der Waals surface area (Å²) in [5, 5.41) is 19.4. The van der Waals surface area contributed by atoms with Gasteiger partial charge in [0.2, 0.25) is 0 Å². The molecule has 0 radical (unpaired) electrons. The molecule has 0 atom stereocenters. The quantitative estimate of drug-likeness (QED) is 0.694. The minimum atomic E-state index is -1.10. The average molecular weight is 235 g/mol. The van der Waals surface area contributed by atoms with Crippen molar-refractivity contribution in [1.29, 1.82) is 0 Å². The van der Waals surface area contributed by atoms with E-state index in [1.54, 1.807) is 30.3 Å². The smallest absolute Gasteiger partial charge is 0.322 e. The molecule has 0 aliphatic carbocycles. The topological polar surface area (TPSA) is 86.6 Å². The highest BCUT2D eigenvalue weighted by Gasteiger charge is 2.09. The van der Waals surface area contributed by atoms with Crippen molar-refractivity contribution in [1.82, 2.24) is 5.32 Å². The fourth-order valence-corrected chi connectivity index (χ4v) is 1.28. The Morgan fingerprint density at radius 2 is 2.00 bits per heavy atom. The molecule has 1 aromatic carbocycles. The Kier molecular flexibility index (Phi) is 4.90. The molecule has 0 fully saturated rings. The molecule has 17 heavy (non-hydrogen) atoms. The van der Waals surface area contributed by atoms with E-state index in [1.807, 2.05) is 0 Å². The van der Waals surface area contributed by atoms with E-state index in [4.69, 9.17) is 10.2 Å². The maximum atomic E-state index is 11.7. The number of carboxylic acid groups (broad SMARTS) is 1. The van der Waals surface area contributed by atoms with Crippen molar-refractivity contribution in [3.63, 3.8) is 0 Å². The molecule has 0 heterocycles. The number of hydrogen-bond acceptors (Lipinski definition) is 3. The largest absolute Gasteiger partial charge is 0.480 e. The second-order valence-corrected chi connectivity index (χ2v) is 3.25. The van der Waals surface area contributed by atoms with Gasteiger partial charge in [-0.1, -0.05) is 30.4 Å². The predicted octanol–water partition coefficient (Wildman–Crippen LogP) is 0.506. The molecule has 90 valence electrons. The van der Waals surface area contributed by atoms with E-state index in [0.717, 1.165) is 0 Å². The summed E-state index contributed by atoms with van der Waals surface area (Å²) in [6.07, 6.45) is 3.11. The molecule has 0 aromatic heterocycles. The molecule has 0 unspecified atom stereocenters. The van der Waals surface area contributed by atoms with Crippen LogP contribution in [0.4, 0.5) is 0 Å². The molecule has 0 bridgehead atoms. The third kappa shape index (κ3) is 4.08. The summed E-state index contributed by atoms with van der Waals surface area (Å²) in [6, 6.07) is 6.74. The molecule has 0 aliphatic rings. The van der Waals surface area contributed by atoms with Crippen LogP contribution in [0.3, 0.4) is 0 Å². The van der Waals surface area contributed by atoms with E-state index in [2.05, 4.69) is 5.32 Å². The Morgan fingerprint density at radius 1 is 1.29 bits per heavy atom. The van der Waals surface area contributed by atoms with Gasteiger partial charge in [-0.05, 0) is 11.6 Å². The number of carbonyl (C=O) groups excluding carboxylic acids is 1. The molecule has 1 amide bonds. The first kappa shape index (κ1) is 12.9. The van der Waals surface area contributed by atoms with Gasteiger partial charge in [-0.3, -0.25) is 9.59 Å². The van der Waals surface area contributed by atoms with Crippen LogP contribution in [-0.4, -0.2) is 35.2 Å². The van der Waals surface area contributed by atoms with Crippen LogP contribution in [0.5, 0.6) is 0 Å². The highest BCUT2D eigenvalue weighted by Crippen LogP contribution is 2.10. The molecule has 3 N–H and O–H groups in total. The Labute approximate surface area is 98.4 Å². The van der Waals surface area contributed by atoms with E-state index < -0.39 is 18.4 Å². The highest BCUT2D eigenvalue weighted by atomic mass is 16.4. The van der Waals surface area contributed by atoms with Gasteiger partial charge in [0.25, 0.3) is 5.91 Å². The van der Waals surface area contributed by atoms with Gasteiger partial charge in [0.1, 0.15) is 6.54 Å². The van der Waals surface area contributed by atoms with Crippen molar-refractivity contribution in [2.75, 3.05) is 13.2 Å². The Hall–Kier alpha value is -2.14. The molecule has 1 aromatic rings. The zero-order valence-electron chi connectivity index (χ0n) is 9.09. The lowest BCUT2D eigenvalue weighted by Gasteiger charge is -2.05. The molecule has 0 saturated heterocycles. The number of rotatable bonds is 5. The molecular formula is C12H13NO4. The van der Waals surface area contributed by atoms with Crippen molar-refractivity contribution in [3.8, 4) is 0 Å². The van der Waals surface area contributed by atoms with Gasteiger partial charge in [-0.2, -0.15) is 0 Å². The fraction of sp³-hybridized carbons (Fsp3) is 0.167. The standard InChI is InChI=1S/C12H13NO4/c14-7-3-5-9-4-1-2-6-10(9)12(17)13-8-11(15)16/h1-6,14H,7-8H2,(H,13,17)(H,15,16). The molecule has 0 saturated carbocycles. The first-order valence-electron chi connectivity index (χ1n) is 5.01. The Bertz CT molecular complexity index is 440. The minimum Gasteiger partial charge on any atom is -0.480 e. The summed E-state index contributed by atoms with van der Waals surface area (Å²) >= 11 is 0. The third-order valence-electron chi connectivity index (χ3n) is 2.01. The Balaban J connectivity index is 2.85. The predicted molar refractivity (Wildman–Crippen MR) is 62.5 cm³/mol. The normalized spacial score (nSPS) is 10.4. The SMILES string of the molecule is O=C(O)CNC(=O)c1ccccc1C=CCO.